The first-order chi connectivity index (χ1) is 8.09. The van der Waals surface area contributed by atoms with Crippen LogP contribution in [0.25, 0.3) is 0 Å². The first-order valence-electron chi connectivity index (χ1n) is 5.51. The lowest BCUT2D eigenvalue weighted by molar-refractivity contribution is -0.192. The summed E-state index contributed by atoms with van der Waals surface area (Å²) in [7, 11) is 0. The van der Waals surface area contributed by atoms with E-state index in [0.717, 1.165) is 4.90 Å². The number of thioether (sulfide) groups is 1. The summed E-state index contributed by atoms with van der Waals surface area (Å²) in [5, 5.41) is 29.1. The number of benzene rings is 1. The molecule has 1 aromatic carbocycles. The van der Waals surface area contributed by atoms with Gasteiger partial charge in [-0.2, -0.15) is 0 Å². The van der Waals surface area contributed by atoms with Gasteiger partial charge in [0.2, 0.25) is 0 Å². The number of hydrogen-bond acceptors (Lipinski definition) is 5. The summed E-state index contributed by atoms with van der Waals surface area (Å²) >= 11 is 1.34. The summed E-state index contributed by atoms with van der Waals surface area (Å²) in [6.07, 6.45) is -3.79. The Bertz CT molecular complexity index is 359. The van der Waals surface area contributed by atoms with Crippen molar-refractivity contribution in [2.75, 3.05) is 0 Å². The quantitative estimate of drug-likeness (QED) is 0.723. The normalized spacial score (nSPS) is 38.0. The van der Waals surface area contributed by atoms with Crippen molar-refractivity contribution in [2.45, 2.75) is 41.7 Å². The van der Waals surface area contributed by atoms with E-state index < -0.39 is 29.9 Å². The molecule has 1 aromatic rings. The fourth-order valence-corrected chi connectivity index (χ4v) is 2.86. The summed E-state index contributed by atoms with van der Waals surface area (Å²) in [6, 6.07) is 9.51. The van der Waals surface area contributed by atoms with Crippen molar-refractivity contribution in [1.29, 1.82) is 0 Å². The molecule has 0 radical (unpaired) electrons. The average Bonchev–Trinajstić information content (AvgIpc) is 2.35. The maximum atomic E-state index is 9.83. The van der Waals surface area contributed by atoms with E-state index in [9.17, 15) is 15.3 Å². The van der Waals surface area contributed by atoms with E-state index in [4.69, 9.17) is 4.74 Å². The van der Waals surface area contributed by atoms with Crippen LogP contribution < -0.4 is 0 Å². The van der Waals surface area contributed by atoms with Crippen LogP contribution in [-0.2, 0) is 4.74 Å². The molecular weight excluding hydrogens is 240 g/mol. The van der Waals surface area contributed by atoms with Crippen LogP contribution in [0, 0.1) is 0 Å². The Morgan fingerprint density at radius 2 is 1.65 bits per heavy atom. The number of aliphatic hydroxyl groups is 3. The molecule has 1 aliphatic rings. The molecule has 1 fully saturated rings. The lowest BCUT2D eigenvalue weighted by atomic mass is 10.0. The van der Waals surface area contributed by atoms with Gasteiger partial charge in [0, 0.05) is 4.90 Å². The van der Waals surface area contributed by atoms with E-state index in [-0.39, 0.29) is 0 Å². The summed E-state index contributed by atoms with van der Waals surface area (Å²) in [6.45, 7) is 1.68. The van der Waals surface area contributed by atoms with E-state index >= 15 is 0 Å². The second-order valence-corrected chi connectivity index (χ2v) is 5.28. The van der Waals surface area contributed by atoms with E-state index in [1.54, 1.807) is 6.92 Å². The zero-order valence-corrected chi connectivity index (χ0v) is 10.2. The third-order valence-corrected chi connectivity index (χ3v) is 3.97. The van der Waals surface area contributed by atoms with Gasteiger partial charge < -0.3 is 20.1 Å². The fourth-order valence-electron chi connectivity index (χ4n) is 1.74. The third kappa shape index (κ3) is 2.81. The highest BCUT2D eigenvalue weighted by atomic mass is 32.2. The minimum absolute atomic E-state index is 0.491. The zero-order valence-electron chi connectivity index (χ0n) is 9.43. The van der Waals surface area contributed by atoms with Crippen LogP contribution in [-0.4, -0.2) is 45.2 Å². The van der Waals surface area contributed by atoms with Gasteiger partial charge in [-0.25, -0.2) is 0 Å². The molecule has 0 aliphatic carbocycles. The Labute approximate surface area is 104 Å². The first kappa shape index (κ1) is 12.9. The van der Waals surface area contributed by atoms with Gasteiger partial charge in [-0.3, -0.25) is 0 Å². The maximum Gasteiger partial charge on any atom is 0.136 e. The predicted molar refractivity (Wildman–Crippen MR) is 64.7 cm³/mol. The van der Waals surface area contributed by atoms with Gasteiger partial charge >= 0.3 is 0 Å². The number of rotatable bonds is 2. The molecule has 1 saturated heterocycles. The van der Waals surface area contributed by atoms with Crippen LogP contribution >= 0.6 is 11.8 Å². The smallest absolute Gasteiger partial charge is 0.136 e. The highest BCUT2D eigenvalue weighted by Gasteiger charge is 2.42. The van der Waals surface area contributed by atoms with Crippen LogP contribution in [0.1, 0.15) is 6.92 Å². The van der Waals surface area contributed by atoms with E-state index in [1.165, 1.54) is 11.8 Å². The molecule has 17 heavy (non-hydrogen) atoms. The summed E-state index contributed by atoms with van der Waals surface area (Å²) in [5.41, 5.74) is -0.564. The van der Waals surface area contributed by atoms with Crippen LogP contribution in [0.4, 0.5) is 0 Å². The monoisotopic (exact) mass is 256 g/mol. The number of hydrogen-bond donors (Lipinski definition) is 3. The Morgan fingerprint density at radius 1 is 1.00 bits per heavy atom. The molecule has 0 spiro atoms. The van der Waals surface area contributed by atoms with Crippen molar-refractivity contribution in [3.63, 3.8) is 0 Å². The van der Waals surface area contributed by atoms with Crippen LogP contribution in [0.2, 0.25) is 0 Å². The van der Waals surface area contributed by atoms with Crippen LogP contribution in [0.15, 0.2) is 35.2 Å². The Hall–Kier alpha value is -0.590. The van der Waals surface area contributed by atoms with Gasteiger partial charge in [-0.15, -0.1) is 0 Å². The summed E-state index contributed by atoms with van der Waals surface area (Å²) in [5.74, 6) is 0. The average molecular weight is 256 g/mol. The minimum atomic E-state index is -1.17. The van der Waals surface area contributed by atoms with Crippen LogP contribution in [0.3, 0.4) is 0 Å². The Kier molecular flexibility index (Phi) is 4.06. The second kappa shape index (κ2) is 5.37. The first-order valence-corrected chi connectivity index (χ1v) is 6.39. The molecule has 0 bridgehead atoms. The van der Waals surface area contributed by atoms with Gasteiger partial charge in [-0.05, 0) is 19.1 Å². The van der Waals surface area contributed by atoms with Crippen molar-refractivity contribution < 1.29 is 20.1 Å². The molecule has 5 heteroatoms. The molecule has 4 nitrogen and oxygen atoms in total. The molecule has 94 valence electrons. The molecule has 5 atom stereocenters. The molecule has 3 N–H and O–H groups in total. The molecule has 1 aliphatic heterocycles. The molecule has 2 rings (SSSR count). The molecular formula is C12H16O4S. The van der Waals surface area contributed by atoms with E-state index in [2.05, 4.69) is 0 Å². The largest absolute Gasteiger partial charge is 0.388 e. The topological polar surface area (TPSA) is 69.9 Å². The van der Waals surface area contributed by atoms with Crippen molar-refractivity contribution in [2.24, 2.45) is 0 Å². The maximum absolute atomic E-state index is 9.83. The van der Waals surface area contributed by atoms with Crippen LogP contribution in [0.5, 0.6) is 0 Å². The van der Waals surface area contributed by atoms with Crippen molar-refractivity contribution in [3.05, 3.63) is 30.3 Å². The Morgan fingerprint density at radius 3 is 2.29 bits per heavy atom. The zero-order chi connectivity index (χ0) is 12.4. The minimum Gasteiger partial charge on any atom is -0.388 e. The van der Waals surface area contributed by atoms with Crippen molar-refractivity contribution in [3.8, 4) is 0 Å². The molecule has 0 amide bonds. The molecule has 0 aromatic heterocycles. The number of aliphatic hydroxyl groups excluding tert-OH is 3. The SMILES string of the molecule is C[C@@H]1O[C@H](Sc2ccccc2)[C@H](O)[C@@H](O)[C@H]1O. The highest BCUT2D eigenvalue weighted by molar-refractivity contribution is 7.99. The molecule has 0 saturated carbocycles. The van der Waals surface area contributed by atoms with Gasteiger partial charge in [0.15, 0.2) is 0 Å². The van der Waals surface area contributed by atoms with Gasteiger partial charge in [0.05, 0.1) is 6.10 Å². The molecule has 0 unspecified atom stereocenters. The van der Waals surface area contributed by atoms with Crippen molar-refractivity contribution >= 4 is 11.8 Å². The van der Waals surface area contributed by atoms with Gasteiger partial charge in [-0.1, -0.05) is 30.0 Å². The summed E-state index contributed by atoms with van der Waals surface area (Å²) < 4.78 is 5.49. The fraction of sp³-hybridized carbons (Fsp3) is 0.500. The third-order valence-electron chi connectivity index (χ3n) is 2.80. The van der Waals surface area contributed by atoms with Crippen molar-refractivity contribution in [1.82, 2.24) is 0 Å². The van der Waals surface area contributed by atoms with E-state index in [0.29, 0.717) is 0 Å². The Balaban J connectivity index is 2.06. The van der Waals surface area contributed by atoms with E-state index in [1.807, 2.05) is 30.3 Å². The molecule has 1 heterocycles. The standard InChI is InChI=1S/C12H16O4S/c1-7-9(13)10(14)11(15)12(16-7)17-8-5-3-2-4-6-8/h2-7,9-15H,1H3/t7-,9-,10-,11+,12+/m0/s1. The van der Waals surface area contributed by atoms with Gasteiger partial charge in [0.1, 0.15) is 23.7 Å². The lowest BCUT2D eigenvalue weighted by Gasteiger charge is -2.38. The second-order valence-electron chi connectivity index (χ2n) is 4.11. The predicted octanol–water partition coefficient (Wildman–Crippen LogP) is 0.606. The lowest BCUT2D eigenvalue weighted by Crippen LogP contribution is -2.55. The number of ether oxygens (including phenoxy) is 1. The highest BCUT2D eigenvalue weighted by Crippen LogP contribution is 2.32. The summed E-state index contributed by atoms with van der Waals surface area (Å²) in [4.78, 5) is 0.951. The van der Waals surface area contributed by atoms with Gasteiger partial charge in [0.25, 0.3) is 0 Å².